The van der Waals surface area contributed by atoms with Crippen molar-refractivity contribution in [3.63, 3.8) is 0 Å². The van der Waals surface area contributed by atoms with Gasteiger partial charge in [0.2, 0.25) is 0 Å². The van der Waals surface area contributed by atoms with Gasteiger partial charge in [-0.05, 0) is 40.2 Å². The standard InChI is InChI=1S/C20H40N2O11/c1-20(2,3)22-7-4-6-21-18(31)15(29)14(28)17(10(25)9-24)33-19-16(30)13(27)12(26)11(32-19)5-8-23/h10-17,19,22-30H,4-9H2,1-3H3,(H,21,31)/t10-,11?,12+,13+,14-,15-,16?,17-,19+/m1/s1. The largest absolute Gasteiger partial charge is 0.396 e. The summed E-state index contributed by atoms with van der Waals surface area (Å²) in [4.78, 5) is 12.2. The molecule has 33 heavy (non-hydrogen) atoms. The van der Waals surface area contributed by atoms with E-state index in [-0.39, 0.29) is 18.5 Å². The Hall–Kier alpha value is -0.970. The van der Waals surface area contributed by atoms with Gasteiger partial charge in [0.1, 0.15) is 36.6 Å². The highest BCUT2D eigenvalue weighted by Crippen LogP contribution is 2.26. The lowest BCUT2D eigenvalue weighted by Gasteiger charge is -2.42. The SMILES string of the molecule is CC(C)(C)NCCCNC(=O)[C@H](O)[C@@H](O)[C@H](O[C@@H]1OC(CCO)[C@H](O)[C@H](O)C1O)[C@H](O)CO. The van der Waals surface area contributed by atoms with Gasteiger partial charge < -0.3 is 61.0 Å². The van der Waals surface area contributed by atoms with Crippen LogP contribution in [0.2, 0.25) is 0 Å². The van der Waals surface area contributed by atoms with Gasteiger partial charge in [-0.15, -0.1) is 0 Å². The van der Waals surface area contributed by atoms with Crippen LogP contribution in [0.25, 0.3) is 0 Å². The number of rotatable bonds is 13. The fourth-order valence-corrected chi connectivity index (χ4v) is 3.26. The van der Waals surface area contributed by atoms with Crippen molar-refractivity contribution in [2.24, 2.45) is 0 Å². The maximum absolute atomic E-state index is 12.2. The van der Waals surface area contributed by atoms with Gasteiger partial charge in [0.25, 0.3) is 5.91 Å². The number of hydrogen-bond donors (Lipinski definition) is 10. The van der Waals surface area contributed by atoms with E-state index < -0.39 is 74.2 Å². The molecule has 1 aliphatic rings. The monoisotopic (exact) mass is 484 g/mol. The van der Waals surface area contributed by atoms with Crippen LogP contribution in [0.5, 0.6) is 0 Å². The van der Waals surface area contributed by atoms with Crippen LogP contribution in [0.15, 0.2) is 0 Å². The Morgan fingerprint density at radius 1 is 1.03 bits per heavy atom. The lowest BCUT2D eigenvalue weighted by atomic mass is 9.96. The number of hydrogen-bond acceptors (Lipinski definition) is 12. The van der Waals surface area contributed by atoms with Crippen LogP contribution in [0.3, 0.4) is 0 Å². The summed E-state index contributed by atoms with van der Waals surface area (Å²) < 4.78 is 10.7. The molecule has 0 aromatic rings. The van der Waals surface area contributed by atoms with E-state index in [0.29, 0.717) is 13.0 Å². The number of carbonyl (C=O) groups is 1. The molecular weight excluding hydrogens is 444 g/mol. The molecule has 1 rings (SSSR count). The summed E-state index contributed by atoms with van der Waals surface area (Å²) in [5.41, 5.74) is -0.101. The van der Waals surface area contributed by atoms with E-state index in [0.717, 1.165) is 0 Å². The molecule has 1 amide bonds. The Kier molecular flexibility index (Phi) is 12.6. The van der Waals surface area contributed by atoms with Crippen molar-refractivity contribution in [1.82, 2.24) is 10.6 Å². The second-order valence-corrected chi connectivity index (χ2v) is 9.13. The van der Waals surface area contributed by atoms with Crippen molar-refractivity contribution in [2.45, 2.75) is 94.3 Å². The predicted octanol–water partition coefficient (Wildman–Crippen LogP) is -4.47. The van der Waals surface area contributed by atoms with Crippen LogP contribution in [-0.4, -0.2) is 134 Å². The number of nitrogens with one attached hydrogen (secondary N) is 2. The molecule has 0 bridgehead atoms. The third kappa shape index (κ3) is 9.30. The van der Waals surface area contributed by atoms with E-state index in [1.54, 1.807) is 0 Å². The fraction of sp³-hybridized carbons (Fsp3) is 0.950. The van der Waals surface area contributed by atoms with Crippen molar-refractivity contribution < 1.29 is 55.1 Å². The molecular formula is C20H40N2O11. The molecule has 2 unspecified atom stereocenters. The number of aliphatic hydroxyl groups excluding tert-OH is 8. The predicted molar refractivity (Wildman–Crippen MR) is 114 cm³/mol. The van der Waals surface area contributed by atoms with Crippen molar-refractivity contribution in [1.29, 1.82) is 0 Å². The molecule has 0 aliphatic carbocycles. The van der Waals surface area contributed by atoms with E-state index >= 15 is 0 Å². The van der Waals surface area contributed by atoms with Crippen LogP contribution in [0.4, 0.5) is 0 Å². The highest BCUT2D eigenvalue weighted by molar-refractivity contribution is 5.81. The normalized spacial score (nSPS) is 29.8. The number of aliphatic hydroxyl groups is 8. The third-order valence-electron chi connectivity index (χ3n) is 5.18. The first-order valence-electron chi connectivity index (χ1n) is 11.0. The first kappa shape index (κ1) is 30.1. The minimum Gasteiger partial charge on any atom is -0.396 e. The lowest BCUT2D eigenvalue weighted by molar-refractivity contribution is -0.324. The number of carbonyl (C=O) groups excluding carboxylic acids is 1. The second kappa shape index (κ2) is 13.8. The molecule has 0 spiro atoms. The van der Waals surface area contributed by atoms with Gasteiger partial charge in [0.15, 0.2) is 12.4 Å². The first-order valence-corrected chi connectivity index (χ1v) is 11.0. The van der Waals surface area contributed by atoms with Crippen LogP contribution in [-0.2, 0) is 14.3 Å². The maximum Gasteiger partial charge on any atom is 0.251 e. The Bertz CT molecular complexity index is 577. The summed E-state index contributed by atoms with van der Waals surface area (Å²) in [6.07, 6.45) is -15.2. The highest BCUT2D eigenvalue weighted by Gasteiger charge is 2.47. The van der Waals surface area contributed by atoms with Crippen molar-refractivity contribution in [3.05, 3.63) is 0 Å². The molecule has 1 aliphatic heterocycles. The molecule has 0 radical (unpaired) electrons. The molecule has 1 fully saturated rings. The molecule has 196 valence electrons. The van der Waals surface area contributed by atoms with Crippen LogP contribution in [0, 0.1) is 0 Å². The summed E-state index contributed by atoms with van der Waals surface area (Å²) >= 11 is 0. The fourth-order valence-electron chi connectivity index (χ4n) is 3.26. The van der Waals surface area contributed by atoms with Gasteiger partial charge in [-0.1, -0.05) is 0 Å². The Balaban J connectivity index is 2.77. The van der Waals surface area contributed by atoms with E-state index in [2.05, 4.69) is 10.6 Å². The summed E-state index contributed by atoms with van der Waals surface area (Å²) in [7, 11) is 0. The zero-order valence-corrected chi connectivity index (χ0v) is 19.2. The molecule has 0 aromatic carbocycles. The van der Waals surface area contributed by atoms with E-state index in [1.807, 2.05) is 20.8 Å². The van der Waals surface area contributed by atoms with Crippen LogP contribution in [0.1, 0.15) is 33.6 Å². The topological polar surface area (TPSA) is 221 Å². The average molecular weight is 485 g/mol. The molecule has 13 nitrogen and oxygen atoms in total. The van der Waals surface area contributed by atoms with Crippen molar-refractivity contribution >= 4 is 5.91 Å². The molecule has 1 saturated heterocycles. The van der Waals surface area contributed by atoms with E-state index in [1.165, 1.54) is 0 Å². The Labute approximate surface area is 193 Å². The Morgan fingerprint density at radius 3 is 2.21 bits per heavy atom. The van der Waals surface area contributed by atoms with Gasteiger partial charge in [0.05, 0.1) is 12.7 Å². The van der Waals surface area contributed by atoms with Gasteiger partial charge in [-0.3, -0.25) is 4.79 Å². The van der Waals surface area contributed by atoms with Crippen molar-refractivity contribution in [3.8, 4) is 0 Å². The minimum absolute atomic E-state index is 0.101. The molecule has 0 aromatic heterocycles. The third-order valence-corrected chi connectivity index (χ3v) is 5.18. The average Bonchev–Trinajstić information content (AvgIpc) is 2.76. The quantitative estimate of drug-likeness (QED) is 0.112. The summed E-state index contributed by atoms with van der Waals surface area (Å²) in [5, 5.41) is 84.9. The first-order chi connectivity index (χ1) is 15.3. The van der Waals surface area contributed by atoms with Crippen LogP contribution >= 0.6 is 0 Å². The molecule has 10 N–H and O–H groups in total. The van der Waals surface area contributed by atoms with Gasteiger partial charge in [-0.2, -0.15) is 0 Å². The lowest BCUT2D eigenvalue weighted by Crippen LogP contribution is -2.61. The van der Waals surface area contributed by atoms with Gasteiger partial charge in [0, 0.05) is 18.7 Å². The summed E-state index contributed by atoms with van der Waals surface area (Å²) in [6.45, 7) is 5.40. The van der Waals surface area contributed by atoms with E-state index in [4.69, 9.17) is 14.6 Å². The van der Waals surface area contributed by atoms with Crippen LogP contribution < -0.4 is 10.6 Å². The Morgan fingerprint density at radius 2 is 1.67 bits per heavy atom. The van der Waals surface area contributed by atoms with E-state index in [9.17, 15) is 40.5 Å². The molecule has 0 saturated carbocycles. The molecule has 13 heteroatoms. The minimum atomic E-state index is -2.06. The van der Waals surface area contributed by atoms with Crippen molar-refractivity contribution in [2.75, 3.05) is 26.3 Å². The summed E-state index contributed by atoms with van der Waals surface area (Å²) in [5.74, 6) is -0.948. The number of amides is 1. The molecule has 9 atom stereocenters. The zero-order valence-electron chi connectivity index (χ0n) is 19.2. The maximum atomic E-state index is 12.2. The molecule has 1 heterocycles. The number of ether oxygens (including phenoxy) is 2. The second-order valence-electron chi connectivity index (χ2n) is 9.13. The smallest absolute Gasteiger partial charge is 0.251 e. The van der Waals surface area contributed by atoms with Gasteiger partial charge in [-0.25, -0.2) is 0 Å². The summed E-state index contributed by atoms with van der Waals surface area (Å²) in [6, 6.07) is 0. The van der Waals surface area contributed by atoms with Gasteiger partial charge >= 0.3 is 0 Å². The highest BCUT2D eigenvalue weighted by atomic mass is 16.7. The zero-order chi connectivity index (χ0) is 25.3.